The van der Waals surface area contributed by atoms with Gasteiger partial charge in [0.05, 0.1) is 5.56 Å². The molecule has 21 heavy (non-hydrogen) atoms. The SMILES string of the molecule is CCC1CCCCC1NC(=O)c1c[nH]c2ccc(N)cc12. The van der Waals surface area contributed by atoms with Crippen molar-refractivity contribution in [2.24, 2.45) is 5.92 Å². The molecule has 1 heterocycles. The molecule has 1 aromatic carbocycles. The van der Waals surface area contributed by atoms with Gasteiger partial charge >= 0.3 is 0 Å². The Bertz CT molecular complexity index is 647. The molecule has 3 rings (SSSR count). The van der Waals surface area contributed by atoms with Gasteiger partial charge in [0.1, 0.15) is 0 Å². The van der Waals surface area contributed by atoms with Gasteiger partial charge in [0.25, 0.3) is 5.91 Å². The van der Waals surface area contributed by atoms with Crippen molar-refractivity contribution in [3.63, 3.8) is 0 Å². The minimum absolute atomic E-state index is 0.0113. The minimum Gasteiger partial charge on any atom is -0.399 e. The molecule has 4 N–H and O–H groups in total. The predicted molar refractivity (Wildman–Crippen MR) is 86.2 cm³/mol. The van der Waals surface area contributed by atoms with Crippen molar-refractivity contribution in [3.05, 3.63) is 30.0 Å². The summed E-state index contributed by atoms with van der Waals surface area (Å²) in [6.07, 6.45) is 7.72. The molecule has 2 aromatic rings. The number of anilines is 1. The van der Waals surface area contributed by atoms with Gasteiger partial charge in [-0.05, 0) is 37.0 Å². The van der Waals surface area contributed by atoms with Crippen molar-refractivity contribution < 1.29 is 4.79 Å². The van der Waals surface area contributed by atoms with Crippen molar-refractivity contribution in [2.75, 3.05) is 5.73 Å². The van der Waals surface area contributed by atoms with Crippen LogP contribution in [0.2, 0.25) is 0 Å². The number of H-pyrrole nitrogens is 1. The van der Waals surface area contributed by atoms with Crippen LogP contribution < -0.4 is 11.1 Å². The summed E-state index contributed by atoms with van der Waals surface area (Å²) in [7, 11) is 0. The Hall–Kier alpha value is -1.97. The number of nitrogen functional groups attached to an aromatic ring is 1. The number of hydrogen-bond donors (Lipinski definition) is 3. The molecule has 1 amide bonds. The lowest BCUT2D eigenvalue weighted by molar-refractivity contribution is 0.0906. The van der Waals surface area contributed by atoms with Gasteiger partial charge in [-0.25, -0.2) is 0 Å². The van der Waals surface area contributed by atoms with E-state index in [2.05, 4.69) is 17.2 Å². The molecule has 1 aliphatic carbocycles. The molecular weight excluding hydrogens is 262 g/mol. The van der Waals surface area contributed by atoms with E-state index in [0.29, 0.717) is 23.2 Å². The average Bonchev–Trinajstić information content (AvgIpc) is 2.90. The molecule has 2 atom stereocenters. The van der Waals surface area contributed by atoms with Crippen LogP contribution in [-0.4, -0.2) is 16.9 Å². The topological polar surface area (TPSA) is 70.9 Å². The number of fused-ring (bicyclic) bond motifs is 1. The molecule has 0 bridgehead atoms. The molecule has 2 unspecified atom stereocenters. The fourth-order valence-corrected chi connectivity index (χ4v) is 3.46. The van der Waals surface area contributed by atoms with Crippen molar-refractivity contribution in [2.45, 2.75) is 45.1 Å². The maximum absolute atomic E-state index is 12.6. The molecule has 112 valence electrons. The lowest BCUT2D eigenvalue weighted by atomic mass is 9.83. The van der Waals surface area contributed by atoms with Crippen LogP contribution in [0.4, 0.5) is 5.69 Å². The number of aromatic nitrogens is 1. The van der Waals surface area contributed by atoms with E-state index in [0.717, 1.165) is 23.7 Å². The molecule has 4 heteroatoms. The van der Waals surface area contributed by atoms with E-state index in [-0.39, 0.29) is 5.91 Å². The number of aromatic amines is 1. The third-order valence-corrected chi connectivity index (χ3v) is 4.70. The van der Waals surface area contributed by atoms with Crippen LogP contribution in [0.15, 0.2) is 24.4 Å². The molecule has 0 aliphatic heterocycles. The number of hydrogen-bond acceptors (Lipinski definition) is 2. The first-order chi connectivity index (χ1) is 10.2. The van der Waals surface area contributed by atoms with E-state index >= 15 is 0 Å². The van der Waals surface area contributed by atoms with Gasteiger partial charge in [0, 0.05) is 28.8 Å². The summed E-state index contributed by atoms with van der Waals surface area (Å²) in [6, 6.07) is 5.92. The Labute approximate surface area is 125 Å². The van der Waals surface area contributed by atoms with Crippen molar-refractivity contribution >= 4 is 22.5 Å². The van der Waals surface area contributed by atoms with Crippen molar-refractivity contribution in [3.8, 4) is 0 Å². The summed E-state index contributed by atoms with van der Waals surface area (Å²) in [5.74, 6) is 0.621. The molecule has 1 fully saturated rings. The number of carbonyl (C=O) groups is 1. The van der Waals surface area contributed by atoms with Gasteiger partial charge in [-0.15, -0.1) is 0 Å². The first-order valence-corrected chi connectivity index (χ1v) is 7.86. The highest BCUT2D eigenvalue weighted by molar-refractivity contribution is 6.07. The maximum atomic E-state index is 12.6. The Morgan fingerprint density at radius 1 is 1.38 bits per heavy atom. The largest absolute Gasteiger partial charge is 0.399 e. The number of amides is 1. The van der Waals surface area contributed by atoms with E-state index in [4.69, 9.17) is 5.73 Å². The van der Waals surface area contributed by atoms with Gasteiger partial charge < -0.3 is 16.0 Å². The normalized spacial score (nSPS) is 22.3. The van der Waals surface area contributed by atoms with Gasteiger partial charge in [-0.3, -0.25) is 4.79 Å². The molecule has 0 saturated heterocycles. The summed E-state index contributed by atoms with van der Waals surface area (Å²) < 4.78 is 0. The molecule has 1 aromatic heterocycles. The van der Waals surface area contributed by atoms with Gasteiger partial charge in [0.15, 0.2) is 0 Å². The van der Waals surface area contributed by atoms with Gasteiger partial charge in [-0.1, -0.05) is 26.2 Å². The molecule has 1 saturated carbocycles. The highest BCUT2D eigenvalue weighted by Crippen LogP contribution is 2.28. The molecule has 4 nitrogen and oxygen atoms in total. The van der Waals surface area contributed by atoms with Crippen LogP contribution in [0.5, 0.6) is 0 Å². The zero-order valence-electron chi connectivity index (χ0n) is 12.5. The summed E-state index contributed by atoms with van der Waals surface area (Å²) in [5, 5.41) is 4.13. The number of carbonyl (C=O) groups excluding carboxylic acids is 1. The summed E-state index contributed by atoms with van der Waals surface area (Å²) >= 11 is 0. The Morgan fingerprint density at radius 3 is 3.00 bits per heavy atom. The zero-order valence-corrected chi connectivity index (χ0v) is 12.5. The fraction of sp³-hybridized carbons (Fsp3) is 0.471. The van der Waals surface area contributed by atoms with Crippen molar-refractivity contribution in [1.82, 2.24) is 10.3 Å². The van der Waals surface area contributed by atoms with E-state index in [9.17, 15) is 4.79 Å². The number of benzene rings is 1. The molecule has 1 aliphatic rings. The van der Waals surface area contributed by atoms with Crippen LogP contribution >= 0.6 is 0 Å². The third kappa shape index (κ3) is 2.75. The van der Waals surface area contributed by atoms with Crippen LogP contribution in [0.1, 0.15) is 49.4 Å². The average molecular weight is 285 g/mol. The smallest absolute Gasteiger partial charge is 0.253 e. The van der Waals surface area contributed by atoms with Crippen LogP contribution in [0.25, 0.3) is 10.9 Å². The molecule has 0 radical (unpaired) electrons. The Kier molecular flexibility index (Phi) is 3.86. The highest BCUT2D eigenvalue weighted by atomic mass is 16.1. The summed E-state index contributed by atoms with van der Waals surface area (Å²) in [5.41, 5.74) is 8.16. The second kappa shape index (κ2) is 5.80. The first-order valence-electron chi connectivity index (χ1n) is 7.86. The minimum atomic E-state index is 0.0113. The Morgan fingerprint density at radius 2 is 2.19 bits per heavy atom. The van der Waals surface area contributed by atoms with E-state index in [1.54, 1.807) is 6.20 Å². The summed E-state index contributed by atoms with van der Waals surface area (Å²) in [6.45, 7) is 2.21. The van der Waals surface area contributed by atoms with Crippen LogP contribution in [-0.2, 0) is 0 Å². The quantitative estimate of drug-likeness (QED) is 0.756. The second-order valence-electron chi connectivity index (χ2n) is 6.04. The number of nitrogens with two attached hydrogens (primary N) is 1. The van der Waals surface area contributed by atoms with Crippen molar-refractivity contribution in [1.29, 1.82) is 0 Å². The summed E-state index contributed by atoms with van der Waals surface area (Å²) in [4.78, 5) is 15.7. The van der Waals surface area contributed by atoms with E-state index < -0.39 is 0 Å². The lowest BCUT2D eigenvalue weighted by Gasteiger charge is -2.31. The third-order valence-electron chi connectivity index (χ3n) is 4.70. The Balaban J connectivity index is 1.82. The number of rotatable bonds is 3. The van der Waals surface area contributed by atoms with Gasteiger partial charge in [0.2, 0.25) is 0 Å². The standard InChI is InChI=1S/C17H23N3O/c1-2-11-5-3-4-6-15(11)20-17(21)14-10-19-16-8-7-12(18)9-13(14)16/h7-11,15,19H,2-6,18H2,1H3,(H,20,21). The van der Waals surface area contributed by atoms with Gasteiger partial charge in [-0.2, -0.15) is 0 Å². The van der Waals surface area contributed by atoms with E-state index in [1.807, 2.05) is 18.2 Å². The first kappa shape index (κ1) is 14.0. The number of nitrogens with one attached hydrogen (secondary N) is 2. The molecule has 0 spiro atoms. The predicted octanol–water partition coefficient (Wildman–Crippen LogP) is 3.45. The van der Waals surface area contributed by atoms with Crippen LogP contribution in [0.3, 0.4) is 0 Å². The maximum Gasteiger partial charge on any atom is 0.253 e. The zero-order chi connectivity index (χ0) is 14.8. The van der Waals surface area contributed by atoms with Crippen LogP contribution in [0, 0.1) is 5.92 Å². The highest BCUT2D eigenvalue weighted by Gasteiger charge is 2.26. The molecular formula is C17H23N3O. The van der Waals surface area contributed by atoms with E-state index in [1.165, 1.54) is 19.3 Å². The second-order valence-corrected chi connectivity index (χ2v) is 6.04. The fourth-order valence-electron chi connectivity index (χ4n) is 3.46. The monoisotopic (exact) mass is 285 g/mol. The lowest BCUT2D eigenvalue weighted by Crippen LogP contribution is -2.41.